The van der Waals surface area contributed by atoms with E-state index in [0.717, 1.165) is 5.69 Å². The van der Waals surface area contributed by atoms with Crippen LogP contribution in [0.5, 0.6) is 0 Å². The van der Waals surface area contributed by atoms with Gasteiger partial charge in [-0.05, 0) is 12.1 Å². The van der Waals surface area contributed by atoms with Gasteiger partial charge in [-0.2, -0.15) is 0 Å². The number of nitrogens with zero attached hydrogens (tertiary/aromatic N) is 2. The van der Waals surface area contributed by atoms with Gasteiger partial charge in [-0.15, -0.1) is 0 Å². The van der Waals surface area contributed by atoms with Crippen LogP contribution >= 0.6 is 0 Å². The van der Waals surface area contributed by atoms with Crippen molar-refractivity contribution in [2.24, 2.45) is 0 Å². The summed E-state index contributed by atoms with van der Waals surface area (Å²) in [6, 6.07) is 5.40. The van der Waals surface area contributed by atoms with E-state index in [4.69, 9.17) is 16.6 Å². The first-order valence-electron chi connectivity index (χ1n) is 5.22. The summed E-state index contributed by atoms with van der Waals surface area (Å²) in [4.78, 5) is 13.7. The molecule has 0 radical (unpaired) electrons. The van der Waals surface area contributed by atoms with Crippen molar-refractivity contribution in [1.29, 1.82) is 0 Å². The number of nitrogens with two attached hydrogens (primary N) is 2. The van der Waals surface area contributed by atoms with Crippen LogP contribution in [0, 0.1) is 0 Å². The van der Waals surface area contributed by atoms with Crippen LogP contribution in [0.25, 0.3) is 0 Å². The number of carbonyl (C=O) groups is 1. The Morgan fingerprint density at radius 2 is 1.94 bits per heavy atom. The fourth-order valence-corrected chi connectivity index (χ4v) is 1.42. The molecule has 6 heteroatoms. The quantitative estimate of drug-likeness (QED) is 0.677. The first-order chi connectivity index (χ1) is 7.93. The summed E-state index contributed by atoms with van der Waals surface area (Å²) in [6.45, 7) is 0.955. The number of hydrogen-bond acceptors (Lipinski definition) is 4. The molecule has 0 fully saturated rings. The molecule has 0 unspecified atom stereocenters. The fraction of sp³-hybridized carbons (Fsp3) is 0.364. The lowest BCUT2D eigenvalue weighted by molar-refractivity contribution is 0.157. The van der Waals surface area contributed by atoms with Crippen LogP contribution in [0.2, 0.25) is 0 Å². The molecule has 0 aliphatic carbocycles. The minimum Gasteiger partial charge on any atom is -0.465 e. The zero-order valence-electron chi connectivity index (χ0n) is 10.1. The maximum atomic E-state index is 10.6. The van der Waals surface area contributed by atoms with Gasteiger partial charge in [0, 0.05) is 27.2 Å². The van der Waals surface area contributed by atoms with E-state index in [2.05, 4.69) is 0 Å². The molecule has 0 aromatic heterocycles. The topological polar surface area (TPSA) is 95.8 Å². The molecule has 94 valence electrons. The second-order valence-electron chi connectivity index (χ2n) is 3.91. The maximum Gasteiger partial charge on any atom is 0.407 e. The van der Waals surface area contributed by atoms with Gasteiger partial charge in [0.15, 0.2) is 0 Å². The number of para-hydroxylation sites is 1. The van der Waals surface area contributed by atoms with E-state index >= 15 is 0 Å². The third kappa shape index (κ3) is 3.17. The molecule has 1 aromatic rings. The summed E-state index contributed by atoms with van der Waals surface area (Å²) < 4.78 is 0. The summed E-state index contributed by atoms with van der Waals surface area (Å²) in [5, 5.41) is 8.73. The van der Waals surface area contributed by atoms with Gasteiger partial charge in [-0.1, -0.05) is 6.07 Å². The first kappa shape index (κ1) is 13.0. The average molecular weight is 238 g/mol. The molecule has 0 heterocycles. The molecule has 5 N–H and O–H groups in total. The SMILES string of the molecule is CN(CCN(C)c1cccc(N)c1N)C(=O)O. The predicted octanol–water partition coefficient (Wildman–Crippen LogP) is 0.897. The summed E-state index contributed by atoms with van der Waals surface area (Å²) in [6.07, 6.45) is -0.945. The molecule has 1 amide bonds. The minimum absolute atomic E-state index is 0.403. The molecule has 0 spiro atoms. The lowest BCUT2D eigenvalue weighted by Crippen LogP contribution is -2.34. The van der Waals surface area contributed by atoms with Crippen LogP contribution in [0.1, 0.15) is 0 Å². The van der Waals surface area contributed by atoms with E-state index in [1.165, 1.54) is 11.9 Å². The number of rotatable bonds is 4. The third-order valence-electron chi connectivity index (χ3n) is 2.63. The molecule has 6 nitrogen and oxygen atoms in total. The molecular formula is C11H18N4O2. The molecule has 17 heavy (non-hydrogen) atoms. The van der Waals surface area contributed by atoms with Crippen LogP contribution < -0.4 is 16.4 Å². The Morgan fingerprint density at radius 1 is 1.29 bits per heavy atom. The van der Waals surface area contributed by atoms with Crippen LogP contribution in [-0.2, 0) is 0 Å². The van der Waals surface area contributed by atoms with Gasteiger partial charge in [0.1, 0.15) is 0 Å². The molecule has 0 saturated heterocycles. The molecule has 1 aromatic carbocycles. The lowest BCUT2D eigenvalue weighted by atomic mass is 10.2. The van der Waals surface area contributed by atoms with Crippen LogP contribution in [-0.4, -0.2) is 43.3 Å². The smallest absolute Gasteiger partial charge is 0.407 e. The third-order valence-corrected chi connectivity index (χ3v) is 2.63. The van der Waals surface area contributed by atoms with Crippen molar-refractivity contribution >= 4 is 23.2 Å². The van der Waals surface area contributed by atoms with Crippen molar-refractivity contribution in [1.82, 2.24) is 4.90 Å². The number of anilines is 3. The highest BCUT2D eigenvalue weighted by Crippen LogP contribution is 2.27. The Bertz CT molecular complexity index is 408. The van der Waals surface area contributed by atoms with Crippen molar-refractivity contribution in [2.75, 3.05) is 43.6 Å². The highest BCUT2D eigenvalue weighted by Gasteiger charge is 2.10. The van der Waals surface area contributed by atoms with Gasteiger partial charge in [0.2, 0.25) is 0 Å². The maximum absolute atomic E-state index is 10.6. The summed E-state index contributed by atoms with van der Waals surface area (Å²) in [5.41, 5.74) is 13.4. The highest BCUT2D eigenvalue weighted by atomic mass is 16.4. The van der Waals surface area contributed by atoms with Gasteiger partial charge in [0.05, 0.1) is 17.1 Å². The monoisotopic (exact) mass is 238 g/mol. The van der Waals surface area contributed by atoms with E-state index in [9.17, 15) is 4.79 Å². The Hall–Kier alpha value is -2.11. The number of benzene rings is 1. The van der Waals surface area contributed by atoms with Gasteiger partial charge >= 0.3 is 6.09 Å². The van der Waals surface area contributed by atoms with E-state index < -0.39 is 6.09 Å². The minimum atomic E-state index is -0.945. The van der Waals surface area contributed by atoms with E-state index in [1.54, 1.807) is 6.07 Å². The van der Waals surface area contributed by atoms with Crippen molar-refractivity contribution in [3.63, 3.8) is 0 Å². The molecule has 0 aliphatic heterocycles. The van der Waals surface area contributed by atoms with Crippen molar-refractivity contribution in [3.8, 4) is 0 Å². The van der Waals surface area contributed by atoms with Crippen LogP contribution in [0.3, 0.4) is 0 Å². The van der Waals surface area contributed by atoms with Crippen LogP contribution in [0.15, 0.2) is 18.2 Å². The Morgan fingerprint density at radius 3 is 2.53 bits per heavy atom. The van der Waals surface area contributed by atoms with E-state index in [0.29, 0.717) is 24.5 Å². The number of carboxylic acid groups (broad SMARTS) is 1. The lowest BCUT2D eigenvalue weighted by Gasteiger charge is -2.24. The van der Waals surface area contributed by atoms with E-state index in [1.807, 2.05) is 24.1 Å². The van der Waals surface area contributed by atoms with Gasteiger partial charge in [-0.25, -0.2) is 4.79 Å². The zero-order valence-corrected chi connectivity index (χ0v) is 10.1. The Kier molecular flexibility index (Phi) is 4.03. The van der Waals surface area contributed by atoms with Crippen LogP contribution in [0.4, 0.5) is 21.9 Å². The zero-order chi connectivity index (χ0) is 13.0. The Balaban J connectivity index is 2.67. The molecule has 1 rings (SSSR count). The molecular weight excluding hydrogens is 220 g/mol. The van der Waals surface area contributed by atoms with E-state index in [-0.39, 0.29) is 0 Å². The van der Waals surface area contributed by atoms with Gasteiger partial charge in [-0.3, -0.25) is 0 Å². The molecule has 0 saturated carbocycles. The summed E-state index contributed by atoms with van der Waals surface area (Å²) >= 11 is 0. The second-order valence-corrected chi connectivity index (χ2v) is 3.91. The predicted molar refractivity (Wildman–Crippen MR) is 69.2 cm³/mol. The number of likely N-dealkylation sites (N-methyl/N-ethyl adjacent to an activating group) is 2. The van der Waals surface area contributed by atoms with Crippen molar-refractivity contribution < 1.29 is 9.90 Å². The van der Waals surface area contributed by atoms with Gasteiger partial charge in [0.25, 0.3) is 0 Å². The Labute approximate surface area is 100 Å². The summed E-state index contributed by atoms with van der Waals surface area (Å²) in [5.74, 6) is 0. The molecule has 0 atom stereocenters. The van der Waals surface area contributed by atoms with Gasteiger partial charge < -0.3 is 26.4 Å². The number of hydrogen-bond donors (Lipinski definition) is 3. The van der Waals surface area contributed by atoms with Crippen molar-refractivity contribution in [3.05, 3.63) is 18.2 Å². The molecule has 0 bridgehead atoms. The molecule has 0 aliphatic rings. The summed E-state index contributed by atoms with van der Waals surface area (Å²) in [7, 11) is 3.37. The first-order valence-corrected chi connectivity index (χ1v) is 5.22. The average Bonchev–Trinajstić information content (AvgIpc) is 2.29. The van der Waals surface area contributed by atoms with Crippen molar-refractivity contribution in [2.45, 2.75) is 0 Å². The normalized spacial score (nSPS) is 10.0. The largest absolute Gasteiger partial charge is 0.465 e. The number of nitrogen functional groups attached to an aromatic ring is 2. The standard InChI is InChI=1S/C11H18N4O2/c1-14(6-7-15(2)11(16)17)9-5-3-4-8(12)10(9)13/h3-5H,6-7,12-13H2,1-2H3,(H,16,17). The fourth-order valence-electron chi connectivity index (χ4n) is 1.42. The highest BCUT2D eigenvalue weighted by molar-refractivity contribution is 5.79. The number of amides is 1. The second kappa shape index (κ2) is 5.29.